The molecule has 0 spiro atoms. The number of aryl methyl sites for hydroxylation is 1. The Bertz CT molecular complexity index is 630. The Morgan fingerprint density at radius 1 is 1.44 bits per heavy atom. The van der Waals surface area contributed by atoms with Crippen molar-refractivity contribution >= 4 is 5.97 Å². The van der Waals surface area contributed by atoms with Gasteiger partial charge in [-0.15, -0.1) is 5.10 Å². The summed E-state index contributed by atoms with van der Waals surface area (Å²) in [4.78, 5) is 30.8. The van der Waals surface area contributed by atoms with Crippen LogP contribution >= 0.6 is 0 Å². The molecule has 0 aromatic carbocycles. The largest absolute Gasteiger partial charge is 0.463 e. The third-order valence-corrected chi connectivity index (χ3v) is 2.31. The lowest BCUT2D eigenvalue weighted by Crippen LogP contribution is -2.25. The van der Waals surface area contributed by atoms with E-state index in [-0.39, 0.29) is 17.2 Å². The third kappa shape index (κ3) is 1.99. The summed E-state index contributed by atoms with van der Waals surface area (Å²) in [5.41, 5.74) is -0.304. The van der Waals surface area contributed by atoms with Crippen molar-refractivity contribution in [2.24, 2.45) is 0 Å². The number of carbonyl (C=O) groups excluding carboxylic acids is 1. The van der Waals surface area contributed by atoms with Crippen LogP contribution in [-0.4, -0.2) is 37.4 Å². The van der Waals surface area contributed by atoms with E-state index in [1.807, 2.05) is 6.92 Å². The van der Waals surface area contributed by atoms with E-state index >= 15 is 0 Å². The molecule has 0 aliphatic carbocycles. The van der Waals surface area contributed by atoms with Gasteiger partial charge in [-0.2, -0.15) is 4.68 Å². The summed E-state index contributed by atoms with van der Waals surface area (Å²) in [6, 6.07) is 0. The fourth-order valence-electron chi connectivity index (χ4n) is 1.39. The third-order valence-electron chi connectivity index (χ3n) is 2.31. The van der Waals surface area contributed by atoms with E-state index in [9.17, 15) is 9.59 Å². The van der Waals surface area contributed by atoms with Crippen molar-refractivity contribution in [1.82, 2.24) is 24.3 Å². The normalized spacial score (nSPS) is 10.3. The quantitative estimate of drug-likeness (QED) is 0.689. The van der Waals surface area contributed by atoms with Gasteiger partial charge in [0, 0.05) is 18.9 Å². The van der Waals surface area contributed by atoms with Crippen LogP contribution in [0.3, 0.4) is 0 Å². The highest BCUT2D eigenvalue weighted by Crippen LogP contribution is 1.98. The first-order chi connectivity index (χ1) is 8.67. The molecule has 2 aromatic heterocycles. The number of aromatic nitrogens is 5. The summed E-state index contributed by atoms with van der Waals surface area (Å²) in [7, 11) is 1.23. The van der Waals surface area contributed by atoms with Crippen LogP contribution in [0.2, 0.25) is 0 Å². The Morgan fingerprint density at radius 2 is 2.22 bits per heavy atom. The number of carbonyl (C=O) groups is 1. The molecular weight excluding hydrogens is 238 g/mol. The van der Waals surface area contributed by atoms with Gasteiger partial charge in [0.25, 0.3) is 11.4 Å². The SMILES string of the molecule is CCn1ccnc(-n2cnc(C(=O)OC)n2)c1=O. The molecule has 0 N–H and O–H groups in total. The van der Waals surface area contributed by atoms with Crippen molar-refractivity contribution < 1.29 is 9.53 Å². The van der Waals surface area contributed by atoms with E-state index in [1.165, 1.54) is 24.2 Å². The monoisotopic (exact) mass is 249 g/mol. The molecule has 0 bridgehead atoms. The molecule has 0 radical (unpaired) electrons. The highest BCUT2D eigenvalue weighted by molar-refractivity contribution is 5.84. The van der Waals surface area contributed by atoms with Gasteiger partial charge in [-0.25, -0.2) is 14.8 Å². The van der Waals surface area contributed by atoms with Crippen LogP contribution in [-0.2, 0) is 11.3 Å². The molecule has 0 saturated heterocycles. The predicted molar refractivity (Wildman–Crippen MR) is 60.4 cm³/mol. The number of hydrogen-bond acceptors (Lipinski definition) is 6. The van der Waals surface area contributed by atoms with E-state index in [1.54, 1.807) is 6.20 Å². The molecule has 2 aromatic rings. The van der Waals surface area contributed by atoms with Gasteiger partial charge in [-0.3, -0.25) is 4.79 Å². The highest BCUT2D eigenvalue weighted by atomic mass is 16.5. The number of rotatable bonds is 3. The molecule has 0 unspecified atom stereocenters. The fourth-order valence-corrected chi connectivity index (χ4v) is 1.39. The molecule has 8 heteroatoms. The highest BCUT2D eigenvalue weighted by Gasteiger charge is 2.14. The van der Waals surface area contributed by atoms with Crippen LogP contribution in [0.5, 0.6) is 0 Å². The Morgan fingerprint density at radius 3 is 2.89 bits per heavy atom. The summed E-state index contributed by atoms with van der Waals surface area (Å²) in [5.74, 6) is -0.701. The van der Waals surface area contributed by atoms with Gasteiger partial charge in [0.2, 0.25) is 5.82 Å². The van der Waals surface area contributed by atoms with Gasteiger partial charge >= 0.3 is 5.97 Å². The van der Waals surface area contributed by atoms with Gasteiger partial charge < -0.3 is 9.30 Å². The van der Waals surface area contributed by atoms with Crippen LogP contribution in [0.25, 0.3) is 5.82 Å². The van der Waals surface area contributed by atoms with E-state index in [0.717, 1.165) is 4.68 Å². The number of nitrogens with zero attached hydrogens (tertiary/aromatic N) is 5. The molecule has 0 atom stereocenters. The maximum atomic E-state index is 11.9. The second-order valence-electron chi connectivity index (χ2n) is 3.35. The van der Waals surface area contributed by atoms with Crippen LogP contribution in [0.15, 0.2) is 23.5 Å². The molecule has 0 aliphatic rings. The first-order valence-corrected chi connectivity index (χ1v) is 5.23. The first-order valence-electron chi connectivity index (χ1n) is 5.23. The second-order valence-corrected chi connectivity index (χ2v) is 3.35. The lowest BCUT2D eigenvalue weighted by Gasteiger charge is -2.03. The average Bonchev–Trinajstić information content (AvgIpc) is 2.87. The number of ether oxygens (including phenoxy) is 1. The van der Waals surface area contributed by atoms with Crippen molar-refractivity contribution in [2.45, 2.75) is 13.5 Å². The Hall–Kier alpha value is -2.51. The zero-order chi connectivity index (χ0) is 13.1. The van der Waals surface area contributed by atoms with Crippen molar-refractivity contribution in [3.05, 3.63) is 34.9 Å². The van der Waals surface area contributed by atoms with Gasteiger partial charge in [0.05, 0.1) is 7.11 Å². The fraction of sp³-hybridized carbons (Fsp3) is 0.300. The molecule has 0 saturated carbocycles. The van der Waals surface area contributed by atoms with Crippen molar-refractivity contribution in [2.75, 3.05) is 7.11 Å². The molecule has 2 heterocycles. The van der Waals surface area contributed by atoms with Crippen molar-refractivity contribution in [1.29, 1.82) is 0 Å². The standard InChI is InChI=1S/C10H11N5O3/c1-3-14-5-4-11-8(9(14)16)15-6-12-7(13-15)10(17)18-2/h4-6H,3H2,1-2H3. The summed E-state index contributed by atoms with van der Waals surface area (Å²) >= 11 is 0. The van der Waals surface area contributed by atoms with Crippen molar-refractivity contribution in [3.63, 3.8) is 0 Å². The molecule has 18 heavy (non-hydrogen) atoms. The number of methoxy groups -OCH3 is 1. The van der Waals surface area contributed by atoms with E-state index in [0.29, 0.717) is 6.54 Å². The Balaban J connectivity index is 2.47. The van der Waals surface area contributed by atoms with E-state index in [4.69, 9.17) is 0 Å². The average molecular weight is 249 g/mol. The molecule has 0 amide bonds. The van der Waals surface area contributed by atoms with Crippen molar-refractivity contribution in [3.8, 4) is 5.82 Å². The van der Waals surface area contributed by atoms with Gasteiger partial charge in [0.1, 0.15) is 6.33 Å². The zero-order valence-corrected chi connectivity index (χ0v) is 9.90. The topological polar surface area (TPSA) is 91.9 Å². The molecule has 0 aliphatic heterocycles. The second kappa shape index (κ2) is 4.78. The molecule has 94 valence electrons. The number of hydrogen-bond donors (Lipinski definition) is 0. The van der Waals surface area contributed by atoms with Crippen LogP contribution in [0, 0.1) is 0 Å². The molecular formula is C10H11N5O3. The van der Waals surface area contributed by atoms with Crippen LogP contribution in [0.4, 0.5) is 0 Å². The minimum absolute atomic E-state index is 0.0852. The smallest absolute Gasteiger partial charge is 0.377 e. The summed E-state index contributed by atoms with van der Waals surface area (Å²) in [6.45, 7) is 2.36. The Labute approximate surface area is 102 Å². The Kier molecular flexibility index (Phi) is 3.18. The molecule has 0 fully saturated rings. The summed E-state index contributed by atoms with van der Waals surface area (Å²) in [5, 5.41) is 3.84. The maximum absolute atomic E-state index is 11.9. The van der Waals surface area contributed by atoms with E-state index < -0.39 is 5.97 Å². The van der Waals surface area contributed by atoms with E-state index in [2.05, 4.69) is 19.8 Å². The molecule has 2 rings (SSSR count). The predicted octanol–water partition coefficient (Wildman–Crippen LogP) is -0.370. The summed E-state index contributed by atoms with van der Waals surface area (Å²) in [6.07, 6.45) is 4.31. The van der Waals surface area contributed by atoms with Gasteiger partial charge in [0.15, 0.2) is 0 Å². The minimum Gasteiger partial charge on any atom is -0.463 e. The lowest BCUT2D eigenvalue weighted by atomic mass is 10.6. The maximum Gasteiger partial charge on any atom is 0.377 e. The zero-order valence-electron chi connectivity index (χ0n) is 9.90. The van der Waals surface area contributed by atoms with Gasteiger partial charge in [-0.05, 0) is 6.92 Å². The lowest BCUT2D eigenvalue weighted by molar-refractivity contribution is 0.0587. The van der Waals surface area contributed by atoms with Crippen LogP contribution < -0.4 is 5.56 Å². The molecule has 8 nitrogen and oxygen atoms in total. The summed E-state index contributed by atoms with van der Waals surface area (Å²) < 4.78 is 7.11. The first kappa shape index (κ1) is 12.0. The van der Waals surface area contributed by atoms with Crippen LogP contribution in [0.1, 0.15) is 17.5 Å². The minimum atomic E-state index is -0.666. The number of esters is 1. The van der Waals surface area contributed by atoms with Gasteiger partial charge in [-0.1, -0.05) is 0 Å².